The van der Waals surface area contributed by atoms with Crippen LogP contribution in [0.3, 0.4) is 0 Å². The van der Waals surface area contributed by atoms with Gasteiger partial charge in [0, 0.05) is 13.1 Å². The maximum absolute atomic E-state index is 11.3. The Balaban J connectivity index is 2.39. The van der Waals surface area contributed by atoms with Crippen LogP contribution in [0.5, 0.6) is 5.75 Å². The summed E-state index contributed by atoms with van der Waals surface area (Å²) in [4.78, 5) is 11.3. The highest BCUT2D eigenvalue weighted by Crippen LogP contribution is 2.14. The van der Waals surface area contributed by atoms with Gasteiger partial charge in [-0.2, -0.15) is 0 Å². The van der Waals surface area contributed by atoms with E-state index in [1.54, 1.807) is 31.2 Å². The van der Waals surface area contributed by atoms with Crippen molar-refractivity contribution >= 4 is 5.97 Å². The summed E-state index contributed by atoms with van der Waals surface area (Å²) in [6.07, 6.45) is -1.16. The van der Waals surface area contributed by atoms with Crippen molar-refractivity contribution in [3.05, 3.63) is 29.8 Å². The molecule has 0 amide bonds. The van der Waals surface area contributed by atoms with Crippen LogP contribution in [-0.4, -0.2) is 55.2 Å². The standard InChI is InChI=1S/C14H21NO5/c1-10(16)7-15-8-12(17)9-20-13-5-3-4-11(6-13)14(18)19-2/h3-6,10,12,15-17H,7-9H2,1-2H3/t10-,12-/m1/s1. The molecule has 0 saturated carbocycles. The third-order valence-electron chi connectivity index (χ3n) is 2.52. The van der Waals surface area contributed by atoms with Gasteiger partial charge in [0.2, 0.25) is 0 Å². The van der Waals surface area contributed by atoms with E-state index in [0.29, 0.717) is 24.4 Å². The fourth-order valence-electron chi connectivity index (χ4n) is 1.54. The summed E-state index contributed by atoms with van der Waals surface area (Å²) in [5.41, 5.74) is 0.395. The molecule has 0 aliphatic rings. The van der Waals surface area contributed by atoms with Crippen molar-refractivity contribution in [1.29, 1.82) is 0 Å². The molecular weight excluding hydrogens is 262 g/mol. The molecule has 1 rings (SSSR count). The summed E-state index contributed by atoms with van der Waals surface area (Å²) in [5.74, 6) is 0.0528. The number of carbonyl (C=O) groups is 1. The largest absolute Gasteiger partial charge is 0.491 e. The first-order valence-corrected chi connectivity index (χ1v) is 6.41. The van der Waals surface area contributed by atoms with Crippen molar-refractivity contribution < 1.29 is 24.5 Å². The quantitative estimate of drug-likeness (QED) is 0.590. The fourth-order valence-corrected chi connectivity index (χ4v) is 1.54. The molecule has 0 aromatic heterocycles. The van der Waals surface area contributed by atoms with Gasteiger partial charge in [0.1, 0.15) is 18.5 Å². The lowest BCUT2D eigenvalue weighted by molar-refractivity contribution is 0.0600. The number of ether oxygens (including phenoxy) is 2. The van der Waals surface area contributed by atoms with Crippen LogP contribution < -0.4 is 10.1 Å². The lowest BCUT2D eigenvalue weighted by atomic mass is 10.2. The van der Waals surface area contributed by atoms with Gasteiger partial charge in [-0.3, -0.25) is 0 Å². The van der Waals surface area contributed by atoms with Crippen molar-refractivity contribution in [2.75, 3.05) is 26.8 Å². The number of carbonyl (C=O) groups excluding carboxylic acids is 1. The van der Waals surface area contributed by atoms with Crippen molar-refractivity contribution in [1.82, 2.24) is 5.32 Å². The minimum absolute atomic E-state index is 0.0947. The molecule has 6 heteroatoms. The van der Waals surface area contributed by atoms with E-state index < -0.39 is 18.2 Å². The van der Waals surface area contributed by atoms with Gasteiger partial charge in [-0.05, 0) is 25.1 Å². The molecule has 0 saturated heterocycles. The van der Waals surface area contributed by atoms with E-state index >= 15 is 0 Å². The molecule has 0 unspecified atom stereocenters. The van der Waals surface area contributed by atoms with Gasteiger partial charge < -0.3 is 25.0 Å². The molecule has 0 fully saturated rings. The molecule has 0 spiro atoms. The normalized spacial score (nSPS) is 13.6. The summed E-state index contributed by atoms with van der Waals surface area (Å²) in [6, 6.07) is 6.56. The summed E-state index contributed by atoms with van der Waals surface area (Å²) in [7, 11) is 1.31. The van der Waals surface area contributed by atoms with Crippen LogP contribution in [0.2, 0.25) is 0 Å². The molecule has 6 nitrogen and oxygen atoms in total. The van der Waals surface area contributed by atoms with Crippen LogP contribution in [0.15, 0.2) is 24.3 Å². The Labute approximate surface area is 118 Å². The van der Waals surface area contributed by atoms with Crippen LogP contribution in [0.25, 0.3) is 0 Å². The highest BCUT2D eigenvalue weighted by molar-refractivity contribution is 5.89. The molecule has 20 heavy (non-hydrogen) atoms. The first kappa shape index (κ1) is 16.4. The van der Waals surface area contributed by atoms with Gasteiger partial charge in [0.05, 0.1) is 18.8 Å². The average Bonchev–Trinajstić information content (AvgIpc) is 2.44. The maximum Gasteiger partial charge on any atom is 0.337 e. The van der Waals surface area contributed by atoms with Crippen LogP contribution in [0.1, 0.15) is 17.3 Å². The van der Waals surface area contributed by atoms with Gasteiger partial charge >= 0.3 is 5.97 Å². The Kier molecular flexibility index (Phi) is 7.00. The van der Waals surface area contributed by atoms with E-state index in [9.17, 15) is 9.90 Å². The summed E-state index contributed by atoms with van der Waals surface area (Å²) >= 11 is 0. The number of methoxy groups -OCH3 is 1. The SMILES string of the molecule is COC(=O)c1cccc(OC[C@H](O)CNC[C@@H](C)O)c1. The van der Waals surface area contributed by atoms with Gasteiger partial charge in [0.15, 0.2) is 0 Å². The third kappa shape index (κ3) is 6.01. The molecule has 0 radical (unpaired) electrons. The molecule has 112 valence electrons. The smallest absolute Gasteiger partial charge is 0.337 e. The topological polar surface area (TPSA) is 88.0 Å². The van der Waals surface area contributed by atoms with E-state index in [4.69, 9.17) is 9.84 Å². The Morgan fingerprint density at radius 2 is 2.10 bits per heavy atom. The number of hydrogen-bond donors (Lipinski definition) is 3. The number of aliphatic hydroxyl groups is 2. The molecular formula is C14H21NO5. The molecule has 0 bridgehead atoms. The van der Waals surface area contributed by atoms with E-state index in [0.717, 1.165) is 0 Å². The lowest BCUT2D eigenvalue weighted by Crippen LogP contribution is -2.35. The minimum atomic E-state index is -0.699. The number of aliphatic hydroxyl groups excluding tert-OH is 2. The number of nitrogens with one attached hydrogen (secondary N) is 1. The van der Waals surface area contributed by atoms with Crippen molar-refractivity contribution in [2.45, 2.75) is 19.1 Å². The zero-order valence-corrected chi connectivity index (χ0v) is 11.7. The number of esters is 1. The summed E-state index contributed by atoms with van der Waals surface area (Å²) in [6.45, 7) is 2.49. The second kappa shape index (κ2) is 8.52. The third-order valence-corrected chi connectivity index (χ3v) is 2.52. The van der Waals surface area contributed by atoms with Gasteiger partial charge in [-0.15, -0.1) is 0 Å². The van der Waals surface area contributed by atoms with Crippen molar-refractivity contribution in [3.63, 3.8) is 0 Å². The number of benzene rings is 1. The van der Waals surface area contributed by atoms with E-state index in [1.165, 1.54) is 7.11 Å². The number of hydrogen-bond acceptors (Lipinski definition) is 6. The first-order chi connectivity index (χ1) is 9.52. The minimum Gasteiger partial charge on any atom is -0.491 e. The summed E-state index contributed by atoms with van der Waals surface area (Å²) < 4.78 is 10.0. The average molecular weight is 283 g/mol. The van der Waals surface area contributed by atoms with Crippen molar-refractivity contribution in [3.8, 4) is 5.75 Å². The van der Waals surface area contributed by atoms with Gasteiger partial charge in [-0.25, -0.2) is 4.79 Å². The van der Waals surface area contributed by atoms with E-state index in [2.05, 4.69) is 10.1 Å². The fraction of sp³-hybridized carbons (Fsp3) is 0.500. The van der Waals surface area contributed by atoms with Gasteiger partial charge in [-0.1, -0.05) is 6.07 Å². The zero-order valence-electron chi connectivity index (χ0n) is 11.7. The van der Waals surface area contributed by atoms with Crippen LogP contribution >= 0.6 is 0 Å². The Hall–Kier alpha value is -1.63. The Morgan fingerprint density at radius 1 is 1.35 bits per heavy atom. The zero-order chi connectivity index (χ0) is 15.0. The monoisotopic (exact) mass is 283 g/mol. The highest BCUT2D eigenvalue weighted by atomic mass is 16.5. The second-order valence-corrected chi connectivity index (χ2v) is 4.49. The van der Waals surface area contributed by atoms with Crippen molar-refractivity contribution in [2.24, 2.45) is 0 Å². The Bertz CT molecular complexity index is 422. The van der Waals surface area contributed by atoms with E-state index in [-0.39, 0.29) is 6.61 Å². The molecule has 3 N–H and O–H groups in total. The predicted octanol–water partition coefficient (Wildman–Crippen LogP) is 0.183. The lowest BCUT2D eigenvalue weighted by Gasteiger charge is -2.14. The Morgan fingerprint density at radius 3 is 2.75 bits per heavy atom. The van der Waals surface area contributed by atoms with E-state index in [1.807, 2.05) is 0 Å². The molecule has 0 heterocycles. The molecule has 1 aromatic rings. The molecule has 0 aliphatic carbocycles. The van der Waals surface area contributed by atoms with Crippen LogP contribution in [-0.2, 0) is 4.74 Å². The van der Waals surface area contributed by atoms with Crippen LogP contribution in [0.4, 0.5) is 0 Å². The van der Waals surface area contributed by atoms with Crippen LogP contribution in [0, 0.1) is 0 Å². The van der Waals surface area contributed by atoms with Gasteiger partial charge in [0.25, 0.3) is 0 Å². The summed E-state index contributed by atoms with van der Waals surface area (Å²) in [5, 5.41) is 21.7. The number of rotatable bonds is 8. The second-order valence-electron chi connectivity index (χ2n) is 4.49. The molecule has 1 aromatic carbocycles. The highest BCUT2D eigenvalue weighted by Gasteiger charge is 2.08. The molecule has 2 atom stereocenters. The predicted molar refractivity (Wildman–Crippen MR) is 73.8 cm³/mol. The molecule has 0 aliphatic heterocycles. The first-order valence-electron chi connectivity index (χ1n) is 6.41. The maximum atomic E-state index is 11.3.